The SMILES string of the molecule is CNCC(O)C(O)c1ccc(OCC(=O)N2CCOCC2)c(OC)c1. The maximum atomic E-state index is 12.1. The van der Waals surface area contributed by atoms with Crippen LogP contribution < -0.4 is 14.8 Å². The number of carbonyl (C=O) groups excluding carboxylic acids is 1. The number of likely N-dealkylation sites (N-methyl/N-ethyl adjacent to an activating group) is 1. The Bertz CT molecular complexity index is 562. The van der Waals surface area contributed by atoms with Crippen LogP contribution in [-0.2, 0) is 9.53 Å². The molecular formula is C17H26N2O6. The highest BCUT2D eigenvalue weighted by molar-refractivity contribution is 5.78. The van der Waals surface area contributed by atoms with Crippen molar-refractivity contribution in [3.8, 4) is 11.5 Å². The summed E-state index contributed by atoms with van der Waals surface area (Å²) in [6.45, 7) is 2.37. The van der Waals surface area contributed by atoms with E-state index in [9.17, 15) is 15.0 Å². The molecule has 1 heterocycles. The Morgan fingerprint density at radius 2 is 2.04 bits per heavy atom. The molecule has 0 spiro atoms. The fourth-order valence-electron chi connectivity index (χ4n) is 2.57. The van der Waals surface area contributed by atoms with E-state index in [0.717, 1.165) is 0 Å². The zero-order valence-corrected chi connectivity index (χ0v) is 14.6. The first-order valence-electron chi connectivity index (χ1n) is 8.23. The number of nitrogens with one attached hydrogen (secondary N) is 1. The van der Waals surface area contributed by atoms with Crippen LogP contribution in [0.2, 0.25) is 0 Å². The number of rotatable bonds is 8. The van der Waals surface area contributed by atoms with Gasteiger partial charge in [-0.3, -0.25) is 4.79 Å². The number of hydrogen-bond acceptors (Lipinski definition) is 7. The van der Waals surface area contributed by atoms with Gasteiger partial charge in [0.15, 0.2) is 18.1 Å². The predicted octanol–water partition coefficient (Wildman–Crippen LogP) is -0.453. The molecule has 8 heteroatoms. The van der Waals surface area contributed by atoms with Crippen LogP contribution in [0.25, 0.3) is 0 Å². The largest absolute Gasteiger partial charge is 0.493 e. The van der Waals surface area contributed by atoms with Crippen LogP contribution in [0.5, 0.6) is 11.5 Å². The van der Waals surface area contributed by atoms with Gasteiger partial charge in [0.05, 0.1) is 26.4 Å². The fourth-order valence-corrected chi connectivity index (χ4v) is 2.57. The number of benzene rings is 1. The molecule has 1 fully saturated rings. The summed E-state index contributed by atoms with van der Waals surface area (Å²) < 4.78 is 16.1. The lowest BCUT2D eigenvalue weighted by Gasteiger charge is -2.26. The zero-order chi connectivity index (χ0) is 18.2. The van der Waals surface area contributed by atoms with Crippen molar-refractivity contribution in [2.75, 3.05) is 53.6 Å². The molecule has 0 radical (unpaired) electrons. The van der Waals surface area contributed by atoms with Gasteiger partial charge in [-0.05, 0) is 24.7 Å². The van der Waals surface area contributed by atoms with Gasteiger partial charge in [0, 0.05) is 19.6 Å². The Kier molecular flexibility index (Phi) is 7.45. The number of amides is 1. The zero-order valence-electron chi connectivity index (χ0n) is 14.6. The second kappa shape index (κ2) is 9.57. The molecule has 3 N–H and O–H groups in total. The van der Waals surface area contributed by atoms with Gasteiger partial charge in [-0.1, -0.05) is 6.07 Å². The molecule has 0 saturated carbocycles. The smallest absolute Gasteiger partial charge is 0.260 e. The maximum Gasteiger partial charge on any atom is 0.260 e. The van der Waals surface area contributed by atoms with Gasteiger partial charge in [-0.2, -0.15) is 0 Å². The molecule has 1 aromatic rings. The number of aliphatic hydroxyl groups excluding tert-OH is 2. The first kappa shape index (κ1) is 19.5. The number of carbonyl (C=O) groups is 1. The van der Waals surface area contributed by atoms with Gasteiger partial charge < -0.3 is 34.6 Å². The molecule has 1 aliphatic heterocycles. The van der Waals surface area contributed by atoms with E-state index in [4.69, 9.17) is 14.2 Å². The van der Waals surface area contributed by atoms with E-state index >= 15 is 0 Å². The predicted molar refractivity (Wildman–Crippen MR) is 90.8 cm³/mol. The van der Waals surface area contributed by atoms with Gasteiger partial charge in [-0.15, -0.1) is 0 Å². The summed E-state index contributed by atoms with van der Waals surface area (Å²) in [5.74, 6) is 0.685. The van der Waals surface area contributed by atoms with E-state index in [1.54, 1.807) is 30.1 Å². The Hall–Kier alpha value is -1.87. The summed E-state index contributed by atoms with van der Waals surface area (Å²) in [4.78, 5) is 13.8. The van der Waals surface area contributed by atoms with Crippen LogP contribution in [0.3, 0.4) is 0 Å². The van der Waals surface area contributed by atoms with Crippen LogP contribution in [0.1, 0.15) is 11.7 Å². The number of methoxy groups -OCH3 is 1. The average molecular weight is 354 g/mol. The number of morpholine rings is 1. The lowest BCUT2D eigenvalue weighted by atomic mass is 10.0. The summed E-state index contributed by atoms with van der Waals surface area (Å²) in [6.07, 6.45) is -1.99. The minimum Gasteiger partial charge on any atom is -0.493 e. The third kappa shape index (κ3) is 5.30. The molecule has 1 amide bonds. The first-order valence-corrected chi connectivity index (χ1v) is 8.23. The highest BCUT2D eigenvalue weighted by Gasteiger charge is 2.21. The minimum absolute atomic E-state index is 0.0966. The fraction of sp³-hybridized carbons (Fsp3) is 0.588. The molecule has 0 bridgehead atoms. The highest BCUT2D eigenvalue weighted by Crippen LogP contribution is 2.31. The van der Waals surface area contributed by atoms with Gasteiger partial charge in [-0.25, -0.2) is 0 Å². The van der Waals surface area contributed by atoms with Crippen LogP contribution >= 0.6 is 0 Å². The van der Waals surface area contributed by atoms with Crippen LogP contribution in [-0.4, -0.2) is 80.7 Å². The van der Waals surface area contributed by atoms with Crippen molar-refractivity contribution in [3.63, 3.8) is 0 Å². The Morgan fingerprint density at radius 3 is 2.68 bits per heavy atom. The van der Waals surface area contributed by atoms with Crippen molar-refractivity contribution in [1.29, 1.82) is 0 Å². The third-order valence-corrected chi connectivity index (χ3v) is 4.02. The number of aliphatic hydroxyl groups is 2. The Morgan fingerprint density at radius 1 is 1.32 bits per heavy atom. The molecule has 0 aliphatic carbocycles. The van der Waals surface area contributed by atoms with E-state index in [2.05, 4.69) is 5.32 Å². The van der Waals surface area contributed by atoms with Crippen LogP contribution in [0.4, 0.5) is 0 Å². The second-order valence-electron chi connectivity index (χ2n) is 5.76. The minimum atomic E-state index is -1.05. The van der Waals surface area contributed by atoms with Gasteiger partial charge >= 0.3 is 0 Å². The molecule has 2 unspecified atom stereocenters. The topological polar surface area (TPSA) is 100 Å². The maximum absolute atomic E-state index is 12.1. The summed E-state index contributed by atoms with van der Waals surface area (Å²) in [7, 11) is 3.17. The number of nitrogens with zero attached hydrogens (tertiary/aromatic N) is 1. The van der Waals surface area contributed by atoms with Crippen molar-refractivity contribution >= 4 is 5.91 Å². The van der Waals surface area contributed by atoms with E-state index in [1.807, 2.05) is 0 Å². The van der Waals surface area contributed by atoms with E-state index < -0.39 is 12.2 Å². The van der Waals surface area contributed by atoms with E-state index in [0.29, 0.717) is 43.4 Å². The van der Waals surface area contributed by atoms with Gasteiger partial charge in [0.2, 0.25) is 0 Å². The number of hydrogen-bond donors (Lipinski definition) is 3. The first-order chi connectivity index (χ1) is 12.1. The lowest BCUT2D eigenvalue weighted by Crippen LogP contribution is -2.43. The summed E-state index contributed by atoms with van der Waals surface area (Å²) in [6, 6.07) is 4.86. The van der Waals surface area contributed by atoms with Crippen molar-refractivity contribution in [3.05, 3.63) is 23.8 Å². The van der Waals surface area contributed by atoms with Crippen LogP contribution in [0.15, 0.2) is 18.2 Å². The lowest BCUT2D eigenvalue weighted by molar-refractivity contribution is -0.137. The van der Waals surface area contributed by atoms with Crippen molar-refractivity contribution in [1.82, 2.24) is 10.2 Å². The average Bonchev–Trinajstić information content (AvgIpc) is 2.66. The molecule has 2 rings (SSSR count). The molecule has 1 aliphatic rings. The van der Waals surface area contributed by atoms with Crippen molar-refractivity contribution in [2.24, 2.45) is 0 Å². The molecule has 140 valence electrons. The molecule has 0 aromatic heterocycles. The monoisotopic (exact) mass is 354 g/mol. The quantitative estimate of drug-likeness (QED) is 0.581. The van der Waals surface area contributed by atoms with E-state index in [1.165, 1.54) is 7.11 Å². The Balaban J connectivity index is 1.99. The summed E-state index contributed by atoms with van der Waals surface area (Å²) in [5, 5.41) is 22.8. The van der Waals surface area contributed by atoms with Crippen molar-refractivity contribution in [2.45, 2.75) is 12.2 Å². The Labute approximate surface area is 147 Å². The van der Waals surface area contributed by atoms with Crippen molar-refractivity contribution < 1.29 is 29.2 Å². The third-order valence-electron chi connectivity index (χ3n) is 4.02. The second-order valence-corrected chi connectivity index (χ2v) is 5.76. The molecule has 1 aromatic carbocycles. The van der Waals surface area contributed by atoms with Gasteiger partial charge in [0.1, 0.15) is 6.10 Å². The highest BCUT2D eigenvalue weighted by atomic mass is 16.5. The molecule has 1 saturated heterocycles. The summed E-state index contributed by atoms with van der Waals surface area (Å²) in [5.41, 5.74) is 0.506. The molecule has 25 heavy (non-hydrogen) atoms. The molecular weight excluding hydrogens is 328 g/mol. The van der Waals surface area contributed by atoms with Crippen LogP contribution in [0, 0.1) is 0 Å². The summed E-state index contributed by atoms with van der Waals surface area (Å²) >= 11 is 0. The number of ether oxygens (including phenoxy) is 3. The standard InChI is InChI=1S/C17H26N2O6/c1-18-10-13(20)17(22)12-3-4-14(15(9-12)23-2)25-11-16(21)19-5-7-24-8-6-19/h3-4,9,13,17-18,20,22H,5-8,10-11H2,1-2H3. The molecule has 2 atom stereocenters. The molecule has 8 nitrogen and oxygen atoms in total. The normalized spacial score (nSPS) is 17.0. The van der Waals surface area contributed by atoms with Gasteiger partial charge in [0.25, 0.3) is 5.91 Å². The van der Waals surface area contributed by atoms with E-state index in [-0.39, 0.29) is 19.1 Å².